The minimum Gasteiger partial charge on any atom is -0.486 e. The highest BCUT2D eigenvalue weighted by molar-refractivity contribution is 8.00. The van der Waals surface area contributed by atoms with Crippen molar-refractivity contribution in [1.29, 1.82) is 0 Å². The average molecular weight is 341 g/mol. The van der Waals surface area contributed by atoms with E-state index in [0.29, 0.717) is 31.3 Å². The molecule has 0 aromatic heterocycles. The van der Waals surface area contributed by atoms with Crippen molar-refractivity contribution in [2.45, 2.75) is 5.37 Å². The van der Waals surface area contributed by atoms with Gasteiger partial charge in [0, 0.05) is 18.1 Å². The fourth-order valence-corrected chi connectivity index (χ4v) is 4.38. The third-order valence-corrected chi connectivity index (χ3v) is 5.73. The minimum absolute atomic E-state index is 0.0399. The van der Waals surface area contributed by atoms with E-state index in [1.165, 1.54) is 0 Å². The van der Waals surface area contributed by atoms with Gasteiger partial charge in [-0.25, -0.2) is 0 Å². The van der Waals surface area contributed by atoms with Gasteiger partial charge in [0.1, 0.15) is 18.6 Å². The number of nitrogens with zero attached hydrogens (tertiary/aromatic N) is 1. The monoisotopic (exact) mass is 341 g/mol. The predicted octanol–water partition coefficient (Wildman–Crippen LogP) is 1.76. The maximum absolute atomic E-state index is 12.1. The summed E-state index contributed by atoms with van der Waals surface area (Å²) in [5.74, 6) is 3.78. The van der Waals surface area contributed by atoms with Gasteiger partial charge < -0.3 is 19.5 Å². The summed E-state index contributed by atoms with van der Waals surface area (Å²) in [5, 5.41) is 8.86. The van der Waals surface area contributed by atoms with Gasteiger partial charge in [-0.05, 0) is 17.7 Å². The van der Waals surface area contributed by atoms with E-state index < -0.39 is 0 Å². The zero-order valence-corrected chi connectivity index (χ0v) is 13.8. The first kappa shape index (κ1) is 15.8. The van der Waals surface area contributed by atoms with E-state index in [9.17, 15) is 4.79 Å². The summed E-state index contributed by atoms with van der Waals surface area (Å²) < 4.78 is 11.2. The van der Waals surface area contributed by atoms with Crippen molar-refractivity contribution in [3.8, 4) is 11.5 Å². The maximum Gasteiger partial charge on any atom is 0.233 e. The molecular formula is C15H19NO4S2. The largest absolute Gasteiger partial charge is 0.486 e. The van der Waals surface area contributed by atoms with Crippen LogP contribution in [-0.4, -0.2) is 59.5 Å². The number of benzene rings is 1. The second kappa shape index (κ2) is 7.48. The van der Waals surface area contributed by atoms with Crippen molar-refractivity contribution in [1.82, 2.24) is 4.90 Å². The van der Waals surface area contributed by atoms with Crippen LogP contribution in [0.3, 0.4) is 0 Å². The highest BCUT2D eigenvalue weighted by Crippen LogP contribution is 2.42. The summed E-state index contributed by atoms with van der Waals surface area (Å²) in [4.78, 5) is 14.0. The van der Waals surface area contributed by atoms with Gasteiger partial charge in [-0.2, -0.15) is 11.8 Å². The summed E-state index contributed by atoms with van der Waals surface area (Å²) in [7, 11) is 0. The maximum atomic E-state index is 12.1. The molecule has 0 radical (unpaired) electrons. The first-order valence-corrected chi connectivity index (χ1v) is 9.49. The quantitative estimate of drug-likeness (QED) is 0.796. The summed E-state index contributed by atoms with van der Waals surface area (Å²) in [6.07, 6.45) is 0. The Morgan fingerprint density at radius 3 is 2.91 bits per heavy atom. The van der Waals surface area contributed by atoms with Crippen molar-refractivity contribution in [3.63, 3.8) is 0 Å². The molecule has 0 bridgehead atoms. The molecule has 2 aliphatic heterocycles. The summed E-state index contributed by atoms with van der Waals surface area (Å²) in [6, 6.07) is 5.92. The molecule has 5 nitrogen and oxygen atoms in total. The number of rotatable bonds is 6. The number of hydrogen-bond acceptors (Lipinski definition) is 6. The molecule has 0 aliphatic carbocycles. The Bertz CT molecular complexity index is 540. The Morgan fingerprint density at radius 1 is 1.27 bits per heavy atom. The molecule has 1 atom stereocenters. The highest BCUT2D eigenvalue weighted by atomic mass is 32.2. The van der Waals surface area contributed by atoms with Gasteiger partial charge in [-0.3, -0.25) is 4.79 Å². The number of aliphatic hydroxyl groups excluding tert-OH is 1. The first-order valence-electron chi connectivity index (χ1n) is 7.29. The van der Waals surface area contributed by atoms with E-state index in [-0.39, 0.29) is 17.9 Å². The number of carbonyl (C=O) groups is 1. The van der Waals surface area contributed by atoms with Crippen molar-refractivity contribution >= 4 is 29.4 Å². The molecule has 3 rings (SSSR count). The van der Waals surface area contributed by atoms with Crippen molar-refractivity contribution in [2.24, 2.45) is 0 Å². The second-order valence-electron chi connectivity index (χ2n) is 4.99. The van der Waals surface area contributed by atoms with Gasteiger partial charge in [0.2, 0.25) is 5.91 Å². The predicted molar refractivity (Wildman–Crippen MR) is 88.8 cm³/mol. The molecule has 1 saturated heterocycles. The van der Waals surface area contributed by atoms with Gasteiger partial charge in [0.05, 0.1) is 12.4 Å². The van der Waals surface area contributed by atoms with Crippen LogP contribution in [0.25, 0.3) is 0 Å². The fraction of sp³-hybridized carbons (Fsp3) is 0.533. The molecule has 1 fully saturated rings. The van der Waals surface area contributed by atoms with Gasteiger partial charge in [-0.1, -0.05) is 6.07 Å². The van der Waals surface area contributed by atoms with E-state index in [4.69, 9.17) is 14.6 Å². The van der Waals surface area contributed by atoms with Crippen LogP contribution < -0.4 is 9.47 Å². The van der Waals surface area contributed by atoms with E-state index in [1.807, 2.05) is 23.1 Å². The third-order valence-electron chi connectivity index (χ3n) is 3.53. The van der Waals surface area contributed by atoms with E-state index in [2.05, 4.69) is 0 Å². The van der Waals surface area contributed by atoms with Crippen LogP contribution in [0.4, 0.5) is 0 Å². The number of ether oxygens (including phenoxy) is 2. The topological polar surface area (TPSA) is 59.0 Å². The number of hydrogen-bond donors (Lipinski definition) is 1. The molecule has 22 heavy (non-hydrogen) atoms. The van der Waals surface area contributed by atoms with Gasteiger partial charge in [-0.15, -0.1) is 11.8 Å². The number of aliphatic hydroxyl groups is 1. The summed E-state index contributed by atoms with van der Waals surface area (Å²) in [5.41, 5.74) is 1.08. The Kier molecular flexibility index (Phi) is 5.38. The number of amides is 1. The first-order chi connectivity index (χ1) is 10.8. The molecule has 0 spiro atoms. The molecule has 1 aromatic carbocycles. The van der Waals surface area contributed by atoms with Crippen LogP contribution in [0.5, 0.6) is 11.5 Å². The SMILES string of the molecule is O=C1CSC(c2ccc3c(c2)OCCO3)N1CCSCCO. The lowest BCUT2D eigenvalue weighted by Gasteiger charge is -2.26. The third kappa shape index (κ3) is 3.47. The normalized spacial score (nSPS) is 20.5. The van der Waals surface area contributed by atoms with Crippen LogP contribution in [0.2, 0.25) is 0 Å². The molecule has 0 saturated carbocycles. The molecule has 2 aliphatic rings. The zero-order chi connectivity index (χ0) is 15.4. The van der Waals surface area contributed by atoms with Crippen LogP contribution >= 0.6 is 23.5 Å². The van der Waals surface area contributed by atoms with Crippen LogP contribution in [-0.2, 0) is 4.79 Å². The zero-order valence-electron chi connectivity index (χ0n) is 12.2. The Labute approximate surface area is 138 Å². The molecule has 2 heterocycles. The molecule has 1 N–H and O–H groups in total. The fourth-order valence-electron chi connectivity index (χ4n) is 2.52. The smallest absolute Gasteiger partial charge is 0.233 e. The molecule has 1 aromatic rings. The average Bonchev–Trinajstić information content (AvgIpc) is 2.92. The lowest BCUT2D eigenvalue weighted by atomic mass is 10.1. The molecule has 120 valence electrons. The number of fused-ring (bicyclic) bond motifs is 1. The Hall–Kier alpha value is -1.05. The van der Waals surface area contributed by atoms with E-state index >= 15 is 0 Å². The van der Waals surface area contributed by atoms with E-state index in [1.54, 1.807) is 23.5 Å². The molecular weight excluding hydrogens is 322 g/mol. The van der Waals surface area contributed by atoms with Crippen molar-refractivity contribution in [2.75, 3.05) is 43.6 Å². The lowest BCUT2D eigenvalue weighted by molar-refractivity contribution is -0.127. The Balaban J connectivity index is 1.70. The molecule has 1 amide bonds. The van der Waals surface area contributed by atoms with Gasteiger partial charge in [0.25, 0.3) is 0 Å². The summed E-state index contributed by atoms with van der Waals surface area (Å²) in [6.45, 7) is 2.03. The molecule has 1 unspecified atom stereocenters. The van der Waals surface area contributed by atoms with E-state index in [0.717, 1.165) is 22.8 Å². The standard InChI is InChI=1S/C15H19NO4S2/c17-4-8-21-7-3-16-14(18)10-22-15(16)11-1-2-12-13(9-11)20-6-5-19-12/h1-2,9,15,17H,3-8,10H2. The van der Waals surface area contributed by atoms with Crippen LogP contribution in [0.1, 0.15) is 10.9 Å². The molecule has 7 heteroatoms. The lowest BCUT2D eigenvalue weighted by Crippen LogP contribution is -2.30. The highest BCUT2D eigenvalue weighted by Gasteiger charge is 2.33. The van der Waals surface area contributed by atoms with Gasteiger partial charge in [0.15, 0.2) is 11.5 Å². The second-order valence-corrected chi connectivity index (χ2v) is 7.28. The van der Waals surface area contributed by atoms with Crippen molar-refractivity contribution < 1.29 is 19.4 Å². The number of carbonyl (C=O) groups excluding carboxylic acids is 1. The van der Waals surface area contributed by atoms with Crippen LogP contribution in [0.15, 0.2) is 18.2 Å². The van der Waals surface area contributed by atoms with Gasteiger partial charge >= 0.3 is 0 Å². The minimum atomic E-state index is 0.0399. The Morgan fingerprint density at radius 2 is 2.09 bits per heavy atom. The van der Waals surface area contributed by atoms with Crippen LogP contribution in [0, 0.1) is 0 Å². The summed E-state index contributed by atoms with van der Waals surface area (Å²) >= 11 is 3.31. The number of thioether (sulfide) groups is 2. The van der Waals surface area contributed by atoms with Crippen molar-refractivity contribution in [3.05, 3.63) is 23.8 Å².